The highest BCUT2D eigenvalue weighted by molar-refractivity contribution is 7.80. The Labute approximate surface area is 111 Å². The van der Waals surface area contributed by atoms with Gasteiger partial charge in [-0.3, -0.25) is 4.90 Å². The van der Waals surface area contributed by atoms with Crippen LogP contribution in [-0.2, 0) is 6.54 Å². The highest BCUT2D eigenvalue weighted by atomic mass is 35.5. The largest absolute Gasteiger partial charge is 0.392 e. The third-order valence-electron chi connectivity index (χ3n) is 3.06. The van der Waals surface area contributed by atoms with Crippen LogP contribution in [0.25, 0.3) is 0 Å². The molecule has 1 aromatic rings. The number of likely N-dealkylation sites (tertiary alicyclic amines) is 1. The molecule has 0 bridgehead atoms. The molecule has 0 spiro atoms. The number of thiocarbonyl (C=S) groups is 1. The number of hydrogen-bond acceptors (Lipinski definition) is 2. The van der Waals surface area contributed by atoms with Gasteiger partial charge in [0.25, 0.3) is 0 Å². The third kappa shape index (κ3) is 2.94. The van der Waals surface area contributed by atoms with E-state index in [0.717, 1.165) is 24.9 Å². The second-order valence-corrected chi connectivity index (χ2v) is 5.16. The van der Waals surface area contributed by atoms with Crippen LogP contribution in [0.1, 0.15) is 18.4 Å². The van der Waals surface area contributed by atoms with Crippen molar-refractivity contribution in [2.24, 2.45) is 5.73 Å². The molecule has 1 aliphatic heterocycles. The van der Waals surface area contributed by atoms with Gasteiger partial charge in [0, 0.05) is 6.54 Å². The van der Waals surface area contributed by atoms with Gasteiger partial charge in [0.05, 0.1) is 16.1 Å². The number of benzene rings is 1. The van der Waals surface area contributed by atoms with Crippen LogP contribution in [0.2, 0.25) is 5.02 Å². The quantitative estimate of drug-likeness (QED) is 0.858. The number of nitrogens with two attached hydrogens (primary N) is 1. The maximum Gasteiger partial charge on any atom is 0.141 e. The number of rotatable bonds is 3. The zero-order valence-electron chi connectivity index (χ0n) is 9.33. The highest BCUT2D eigenvalue weighted by Gasteiger charge is 2.26. The molecule has 5 heteroatoms. The highest BCUT2D eigenvalue weighted by Crippen LogP contribution is 2.22. The Balaban J connectivity index is 2.09. The van der Waals surface area contributed by atoms with Gasteiger partial charge in [-0.1, -0.05) is 29.9 Å². The van der Waals surface area contributed by atoms with E-state index in [0.29, 0.717) is 11.5 Å². The summed E-state index contributed by atoms with van der Waals surface area (Å²) in [5, 5.41) is 0.161. The summed E-state index contributed by atoms with van der Waals surface area (Å²) in [6.07, 6.45) is 2.10. The molecule has 0 aliphatic carbocycles. The minimum Gasteiger partial charge on any atom is -0.392 e. The predicted molar refractivity (Wildman–Crippen MR) is 71.6 cm³/mol. The maximum atomic E-state index is 13.0. The van der Waals surface area contributed by atoms with Crippen molar-refractivity contribution in [1.82, 2.24) is 4.90 Å². The molecule has 0 radical (unpaired) electrons. The summed E-state index contributed by atoms with van der Waals surface area (Å²) < 4.78 is 13.0. The fourth-order valence-corrected chi connectivity index (χ4v) is 2.68. The first-order valence-electron chi connectivity index (χ1n) is 5.55. The van der Waals surface area contributed by atoms with Crippen molar-refractivity contribution in [2.45, 2.75) is 25.4 Å². The van der Waals surface area contributed by atoms with Crippen LogP contribution in [-0.4, -0.2) is 22.5 Å². The van der Waals surface area contributed by atoms with Crippen LogP contribution in [0.4, 0.5) is 4.39 Å². The molecular formula is C12H14ClFN2S. The van der Waals surface area contributed by atoms with E-state index in [4.69, 9.17) is 29.6 Å². The van der Waals surface area contributed by atoms with Gasteiger partial charge in [-0.15, -0.1) is 0 Å². The predicted octanol–water partition coefficient (Wildman–Crippen LogP) is 2.73. The lowest BCUT2D eigenvalue weighted by atomic mass is 10.2. The molecule has 1 fully saturated rings. The number of halogens is 2. The zero-order valence-corrected chi connectivity index (χ0v) is 10.9. The smallest absolute Gasteiger partial charge is 0.141 e. The summed E-state index contributed by atoms with van der Waals surface area (Å²) in [4.78, 5) is 2.75. The van der Waals surface area contributed by atoms with Crippen molar-refractivity contribution in [3.63, 3.8) is 0 Å². The monoisotopic (exact) mass is 272 g/mol. The Morgan fingerprint density at radius 3 is 3.00 bits per heavy atom. The first-order valence-corrected chi connectivity index (χ1v) is 6.34. The van der Waals surface area contributed by atoms with Gasteiger partial charge in [-0.05, 0) is 37.1 Å². The van der Waals surface area contributed by atoms with Gasteiger partial charge in [-0.2, -0.15) is 0 Å². The van der Waals surface area contributed by atoms with Crippen molar-refractivity contribution < 1.29 is 4.39 Å². The van der Waals surface area contributed by atoms with E-state index in [1.165, 1.54) is 6.07 Å². The van der Waals surface area contributed by atoms with Crippen LogP contribution >= 0.6 is 23.8 Å². The first kappa shape index (κ1) is 12.7. The third-order valence-corrected chi connectivity index (χ3v) is 3.62. The van der Waals surface area contributed by atoms with Crippen molar-refractivity contribution in [2.75, 3.05) is 6.54 Å². The van der Waals surface area contributed by atoms with E-state index in [1.54, 1.807) is 12.1 Å². The summed E-state index contributed by atoms with van der Waals surface area (Å²) >= 11 is 10.8. The molecule has 1 saturated heterocycles. The Kier molecular flexibility index (Phi) is 3.97. The summed E-state index contributed by atoms with van der Waals surface area (Å²) in [5.41, 5.74) is 6.69. The topological polar surface area (TPSA) is 29.3 Å². The number of nitrogens with zero attached hydrogens (tertiary/aromatic N) is 1. The molecule has 0 amide bonds. The van der Waals surface area contributed by atoms with Crippen LogP contribution in [0.3, 0.4) is 0 Å². The molecule has 1 atom stereocenters. The minimum absolute atomic E-state index is 0.161. The summed E-state index contributed by atoms with van der Waals surface area (Å²) in [5.74, 6) is -0.386. The summed E-state index contributed by atoms with van der Waals surface area (Å²) in [6, 6.07) is 4.96. The van der Waals surface area contributed by atoms with E-state index >= 15 is 0 Å². The molecule has 1 unspecified atom stereocenters. The standard InChI is InChI=1S/C12H14ClFN2S/c13-9-6-8(3-4-10(9)14)7-16-5-1-2-11(16)12(15)17/h3-4,6,11H,1-2,5,7H2,(H2,15,17). The fourth-order valence-electron chi connectivity index (χ4n) is 2.21. The average molecular weight is 273 g/mol. The molecular weight excluding hydrogens is 259 g/mol. The van der Waals surface area contributed by atoms with E-state index in [2.05, 4.69) is 4.90 Å². The molecule has 0 saturated carbocycles. The molecule has 1 aromatic carbocycles. The van der Waals surface area contributed by atoms with Gasteiger partial charge in [0.2, 0.25) is 0 Å². The first-order chi connectivity index (χ1) is 8.08. The lowest BCUT2D eigenvalue weighted by Gasteiger charge is -2.23. The van der Waals surface area contributed by atoms with Gasteiger partial charge in [0.15, 0.2) is 0 Å². The SMILES string of the molecule is NC(=S)C1CCCN1Cc1ccc(F)c(Cl)c1. The van der Waals surface area contributed by atoms with Crippen LogP contribution < -0.4 is 5.73 Å². The zero-order chi connectivity index (χ0) is 12.4. The molecule has 2 nitrogen and oxygen atoms in total. The fraction of sp³-hybridized carbons (Fsp3) is 0.417. The lowest BCUT2D eigenvalue weighted by Crippen LogP contribution is -2.38. The Morgan fingerprint density at radius 2 is 2.35 bits per heavy atom. The van der Waals surface area contributed by atoms with Crippen molar-refractivity contribution in [3.05, 3.63) is 34.6 Å². The molecule has 2 rings (SSSR count). The van der Waals surface area contributed by atoms with E-state index in [1.807, 2.05) is 0 Å². The van der Waals surface area contributed by atoms with Crippen LogP contribution in [0, 0.1) is 5.82 Å². The Morgan fingerprint density at radius 1 is 1.59 bits per heavy atom. The van der Waals surface area contributed by atoms with Crippen LogP contribution in [0.15, 0.2) is 18.2 Å². The number of hydrogen-bond donors (Lipinski definition) is 1. The second kappa shape index (κ2) is 5.29. The van der Waals surface area contributed by atoms with Gasteiger partial charge in [0.1, 0.15) is 5.82 Å². The van der Waals surface area contributed by atoms with Gasteiger partial charge in [-0.25, -0.2) is 4.39 Å². The van der Waals surface area contributed by atoms with Crippen molar-refractivity contribution >= 4 is 28.8 Å². The lowest BCUT2D eigenvalue weighted by molar-refractivity contribution is 0.295. The molecule has 17 heavy (non-hydrogen) atoms. The molecule has 92 valence electrons. The Bertz CT molecular complexity index is 439. The molecule has 2 N–H and O–H groups in total. The Hall–Kier alpha value is -0.710. The normalized spacial score (nSPS) is 20.7. The van der Waals surface area contributed by atoms with Crippen molar-refractivity contribution in [3.8, 4) is 0 Å². The van der Waals surface area contributed by atoms with Gasteiger partial charge < -0.3 is 5.73 Å². The average Bonchev–Trinajstić information content (AvgIpc) is 2.72. The minimum atomic E-state index is -0.386. The summed E-state index contributed by atoms with van der Waals surface area (Å²) in [7, 11) is 0. The molecule has 1 heterocycles. The molecule has 1 aliphatic rings. The van der Waals surface area contributed by atoms with Crippen molar-refractivity contribution in [1.29, 1.82) is 0 Å². The maximum absolute atomic E-state index is 13.0. The van der Waals surface area contributed by atoms with E-state index in [9.17, 15) is 4.39 Å². The summed E-state index contributed by atoms with van der Waals surface area (Å²) in [6.45, 7) is 1.68. The second-order valence-electron chi connectivity index (χ2n) is 4.28. The van der Waals surface area contributed by atoms with Gasteiger partial charge >= 0.3 is 0 Å². The molecule has 0 aromatic heterocycles. The van der Waals surface area contributed by atoms with Crippen LogP contribution in [0.5, 0.6) is 0 Å². The van der Waals surface area contributed by atoms with E-state index < -0.39 is 0 Å². The van der Waals surface area contributed by atoms with E-state index in [-0.39, 0.29) is 16.9 Å².